The van der Waals surface area contributed by atoms with Gasteiger partial charge in [-0.2, -0.15) is 0 Å². The van der Waals surface area contributed by atoms with Gasteiger partial charge in [-0.3, -0.25) is 4.40 Å². The highest BCUT2D eigenvalue weighted by Crippen LogP contribution is 2.30. The lowest BCUT2D eigenvalue weighted by molar-refractivity contribution is 0.210. The maximum Gasteiger partial charge on any atom is 0.139 e. The molecule has 5 heteroatoms. The van der Waals surface area contributed by atoms with Crippen molar-refractivity contribution in [3.63, 3.8) is 0 Å². The fraction of sp³-hybridized carbons (Fsp3) is 0.235. The Morgan fingerprint density at radius 1 is 1.18 bits per heavy atom. The summed E-state index contributed by atoms with van der Waals surface area (Å²) in [5.74, 6) is 0.981. The predicted molar refractivity (Wildman–Crippen MR) is 90.1 cm³/mol. The molecule has 2 heterocycles. The fourth-order valence-electron chi connectivity index (χ4n) is 2.53. The predicted octanol–water partition coefficient (Wildman–Crippen LogP) is 2.95. The molecule has 0 aliphatic carbocycles. The zero-order valence-corrected chi connectivity index (χ0v) is 12.8. The van der Waals surface area contributed by atoms with Crippen LogP contribution >= 0.6 is 0 Å². The summed E-state index contributed by atoms with van der Waals surface area (Å²) < 4.78 is 7.26. The first-order chi connectivity index (χ1) is 10.7. The minimum Gasteiger partial charge on any atom is -0.399 e. The Hall–Kier alpha value is -2.53. The highest BCUT2D eigenvalue weighted by Gasteiger charge is 2.14. The van der Waals surface area contributed by atoms with Gasteiger partial charge in [-0.15, -0.1) is 0 Å². The quantitative estimate of drug-likeness (QED) is 0.561. The van der Waals surface area contributed by atoms with Crippen molar-refractivity contribution in [1.82, 2.24) is 9.38 Å². The van der Waals surface area contributed by atoms with Crippen LogP contribution in [0.4, 0.5) is 11.5 Å². The number of benzene rings is 1. The van der Waals surface area contributed by atoms with Crippen molar-refractivity contribution in [2.24, 2.45) is 0 Å². The molecular formula is C17H20N4O. The van der Waals surface area contributed by atoms with E-state index in [0.29, 0.717) is 6.61 Å². The Balaban J connectivity index is 2.13. The minimum atomic E-state index is 0.639. The second-order valence-electron chi connectivity index (χ2n) is 5.21. The Bertz CT molecular complexity index is 777. The van der Waals surface area contributed by atoms with Gasteiger partial charge in [-0.1, -0.05) is 18.2 Å². The van der Waals surface area contributed by atoms with E-state index < -0.39 is 0 Å². The van der Waals surface area contributed by atoms with Crippen LogP contribution < -0.4 is 11.1 Å². The lowest BCUT2D eigenvalue weighted by Crippen LogP contribution is -2.10. The molecule has 0 unspecified atom stereocenters. The number of nitrogen functional groups attached to an aromatic ring is 1. The molecule has 0 spiro atoms. The molecule has 0 aliphatic heterocycles. The number of fused-ring (bicyclic) bond motifs is 1. The topological polar surface area (TPSA) is 64.6 Å². The number of aromatic nitrogens is 2. The largest absolute Gasteiger partial charge is 0.399 e. The minimum absolute atomic E-state index is 0.639. The number of rotatable bonds is 5. The van der Waals surface area contributed by atoms with Crippen molar-refractivity contribution < 1.29 is 4.74 Å². The number of methoxy groups -OCH3 is 1. The van der Waals surface area contributed by atoms with E-state index in [1.165, 1.54) is 0 Å². The zero-order chi connectivity index (χ0) is 15.5. The third-order valence-corrected chi connectivity index (χ3v) is 3.62. The van der Waals surface area contributed by atoms with Crippen molar-refractivity contribution >= 4 is 17.2 Å². The lowest BCUT2D eigenvalue weighted by Gasteiger charge is -2.10. The fourth-order valence-corrected chi connectivity index (χ4v) is 2.53. The highest BCUT2D eigenvalue weighted by molar-refractivity contribution is 5.77. The molecule has 0 amide bonds. The van der Waals surface area contributed by atoms with Crippen LogP contribution in [-0.4, -0.2) is 29.6 Å². The van der Waals surface area contributed by atoms with Gasteiger partial charge in [-0.25, -0.2) is 4.98 Å². The summed E-state index contributed by atoms with van der Waals surface area (Å²) in [7, 11) is 1.70. The Kier molecular flexibility index (Phi) is 3.98. The Labute approximate surface area is 129 Å². The number of imidazole rings is 1. The summed E-state index contributed by atoms with van der Waals surface area (Å²) in [5.41, 5.74) is 10.5. The highest BCUT2D eigenvalue weighted by atomic mass is 16.5. The van der Waals surface area contributed by atoms with E-state index in [4.69, 9.17) is 15.5 Å². The van der Waals surface area contributed by atoms with E-state index in [0.717, 1.165) is 40.6 Å². The summed E-state index contributed by atoms with van der Waals surface area (Å²) in [4.78, 5) is 4.77. The van der Waals surface area contributed by atoms with Crippen molar-refractivity contribution in [1.29, 1.82) is 0 Å². The number of aryl methyl sites for hydroxylation is 1. The van der Waals surface area contributed by atoms with Gasteiger partial charge < -0.3 is 15.8 Å². The van der Waals surface area contributed by atoms with Crippen LogP contribution in [-0.2, 0) is 4.74 Å². The van der Waals surface area contributed by atoms with Crippen molar-refractivity contribution in [3.8, 4) is 11.3 Å². The monoisotopic (exact) mass is 296 g/mol. The van der Waals surface area contributed by atoms with E-state index in [9.17, 15) is 0 Å². The molecule has 1 aromatic carbocycles. The maximum atomic E-state index is 5.78. The normalized spacial score (nSPS) is 11.0. The van der Waals surface area contributed by atoms with Gasteiger partial charge in [-0.05, 0) is 31.2 Å². The summed E-state index contributed by atoms with van der Waals surface area (Å²) in [5, 5.41) is 3.44. The van der Waals surface area contributed by atoms with Crippen LogP contribution in [0.2, 0.25) is 0 Å². The molecule has 3 N–H and O–H groups in total. The van der Waals surface area contributed by atoms with E-state index >= 15 is 0 Å². The average Bonchev–Trinajstić information content (AvgIpc) is 2.88. The van der Waals surface area contributed by atoms with Gasteiger partial charge >= 0.3 is 0 Å². The van der Waals surface area contributed by atoms with Gasteiger partial charge in [0.2, 0.25) is 0 Å². The number of pyridine rings is 1. The van der Waals surface area contributed by atoms with Crippen LogP contribution in [0.5, 0.6) is 0 Å². The van der Waals surface area contributed by atoms with Crippen LogP contribution in [0, 0.1) is 6.92 Å². The van der Waals surface area contributed by atoms with Crippen molar-refractivity contribution in [2.45, 2.75) is 6.92 Å². The molecule has 0 aliphatic rings. The van der Waals surface area contributed by atoms with Crippen molar-refractivity contribution in [3.05, 3.63) is 48.2 Å². The molecule has 114 valence electrons. The van der Waals surface area contributed by atoms with Gasteiger partial charge in [0.25, 0.3) is 0 Å². The Morgan fingerprint density at radius 2 is 1.95 bits per heavy atom. The number of ether oxygens (including phenoxy) is 1. The van der Waals surface area contributed by atoms with Gasteiger partial charge in [0.15, 0.2) is 0 Å². The standard InChI is InChI=1S/C17H20N4O/c1-12-4-3-5-15-20-16(13-6-8-14(18)9-7-13)17(21(12)15)19-10-11-22-2/h3-9,19H,10-11,18H2,1-2H3. The molecule has 3 aromatic rings. The molecule has 0 fully saturated rings. The SMILES string of the molecule is COCCNc1c(-c2ccc(N)cc2)nc2cccc(C)n12. The van der Waals surface area contributed by atoms with Crippen LogP contribution in [0.15, 0.2) is 42.5 Å². The Morgan fingerprint density at radius 3 is 2.68 bits per heavy atom. The molecule has 2 aromatic heterocycles. The van der Waals surface area contributed by atoms with Gasteiger partial charge in [0.05, 0.1) is 6.61 Å². The molecule has 0 saturated carbocycles. The first-order valence-corrected chi connectivity index (χ1v) is 7.27. The van der Waals surface area contributed by atoms with Crippen LogP contribution in [0.3, 0.4) is 0 Å². The second kappa shape index (κ2) is 6.07. The molecule has 0 atom stereocenters. The molecular weight excluding hydrogens is 276 g/mol. The summed E-state index contributed by atoms with van der Waals surface area (Å²) in [6.45, 7) is 3.43. The van der Waals surface area contributed by atoms with E-state index in [1.807, 2.05) is 36.4 Å². The number of anilines is 2. The molecule has 22 heavy (non-hydrogen) atoms. The van der Waals surface area contributed by atoms with Crippen LogP contribution in [0.1, 0.15) is 5.69 Å². The van der Waals surface area contributed by atoms with E-state index in [2.05, 4.69) is 22.7 Å². The van der Waals surface area contributed by atoms with Gasteiger partial charge in [0, 0.05) is 30.6 Å². The summed E-state index contributed by atoms with van der Waals surface area (Å²) >= 11 is 0. The first kappa shape index (κ1) is 14.4. The van der Waals surface area contributed by atoms with Crippen molar-refractivity contribution in [2.75, 3.05) is 31.3 Å². The summed E-state index contributed by atoms with van der Waals surface area (Å²) in [6.07, 6.45) is 0. The molecule has 0 saturated heterocycles. The lowest BCUT2D eigenvalue weighted by atomic mass is 10.1. The molecule has 0 bridgehead atoms. The van der Waals surface area contributed by atoms with Crippen LogP contribution in [0.25, 0.3) is 16.9 Å². The zero-order valence-electron chi connectivity index (χ0n) is 12.8. The maximum absolute atomic E-state index is 5.78. The number of nitrogens with zero attached hydrogens (tertiary/aromatic N) is 2. The average molecular weight is 296 g/mol. The van der Waals surface area contributed by atoms with Gasteiger partial charge in [0.1, 0.15) is 17.2 Å². The second-order valence-corrected chi connectivity index (χ2v) is 5.21. The number of nitrogens with one attached hydrogen (secondary N) is 1. The molecule has 0 radical (unpaired) electrons. The molecule has 5 nitrogen and oxygen atoms in total. The number of nitrogens with two attached hydrogens (primary N) is 1. The van der Waals surface area contributed by atoms with E-state index in [-0.39, 0.29) is 0 Å². The summed E-state index contributed by atoms with van der Waals surface area (Å²) in [6, 6.07) is 13.9. The smallest absolute Gasteiger partial charge is 0.139 e. The molecule has 3 rings (SSSR count). The number of hydrogen-bond donors (Lipinski definition) is 2. The third kappa shape index (κ3) is 2.63. The third-order valence-electron chi connectivity index (χ3n) is 3.62. The number of hydrogen-bond acceptors (Lipinski definition) is 4. The van der Waals surface area contributed by atoms with E-state index in [1.54, 1.807) is 7.11 Å². The first-order valence-electron chi connectivity index (χ1n) is 7.27.